The second-order valence-corrected chi connectivity index (χ2v) is 5.42. The molecule has 0 aliphatic carbocycles. The molecule has 4 rings (SSSR count). The quantitative estimate of drug-likeness (QED) is 0.529. The number of rotatable bonds is 2. The minimum absolute atomic E-state index is 0.451. The predicted molar refractivity (Wildman–Crippen MR) is 86.6 cm³/mol. The van der Waals surface area contributed by atoms with Gasteiger partial charge in [-0.2, -0.15) is 0 Å². The third kappa shape index (κ3) is 1.79. The van der Waals surface area contributed by atoms with Crippen LogP contribution in [0.5, 0.6) is 0 Å². The Balaban J connectivity index is 1.99. The molecule has 0 spiro atoms. The third-order valence-electron chi connectivity index (χ3n) is 3.92. The first-order chi connectivity index (χ1) is 10.6. The molecule has 5 nitrogen and oxygen atoms in total. The summed E-state index contributed by atoms with van der Waals surface area (Å²) < 4.78 is 0. The first kappa shape index (κ1) is 12.6. The molecule has 22 heavy (non-hydrogen) atoms. The fourth-order valence-corrected chi connectivity index (χ4v) is 2.84. The molecule has 0 aliphatic heterocycles. The number of amides is 1. The Morgan fingerprint density at radius 2 is 2.05 bits per heavy atom. The number of carbonyl (C=O) groups excluding carboxylic acids is 1. The van der Waals surface area contributed by atoms with E-state index in [4.69, 9.17) is 5.73 Å². The van der Waals surface area contributed by atoms with Crippen molar-refractivity contribution in [2.45, 2.75) is 6.92 Å². The van der Waals surface area contributed by atoms with Gasteiger partial charge < -0.3 is 15.7 Å². The highest BCUT2D eigenvalue weighted by Gasteiger charge is 2.13. The van der Waals surface area contributed by atoms with E-state index in [9.17, 15) is 4.79 Å². The van der Waals surface area contributed by atoms with Gasteiger partial charge in [-0.3, -0.25) is 4.79 Å². The average Bonchev–Trinajstić information content (AvgIpc) is 3.08. The molecule has 1 amide bonds. The number of pyridine rings is 1. The van der Waals surface area contributed by atoms with Crippen LogP contribution >= 0.6 is 0 Å². The van der Waals surface area contributed by atoms with E-state index >= 15 is 0 Å². The van der Waals surface area contributed by atoms with Crippen LogP contribution in [0.1, 0.15) is 15.9 Å². The molecule has 0 saturated heterocycles. The van der Waals surface area contributed by atoms with Gasteiger partial charge in [0, 0.05) is 39.9 Å². The first-order valence-corrected chi connectivity index (χ1v) is 6.99. The molecule has 0 aliphatic rings. The lowest BCUT2D eigenvalue weighted by Crippen LogP contribution is -2.11. The summed E-state index contributed by atoms with van der Waals surface area (Å²) in [5, 5.41) is 1.87. The molecule has 4 N–H and O–H groups in total. The van der Waals surface area contributed by atoms with Crippen molar-refractivity contribution in [3.05, 3.63) is 53.9 Å². The fourth-order valence-electron chi connectivity index (χ4n) is 2.84. The van der Waals surface area contributed by atoms with Crippen molar-refractivity contribution in [1.29, 1.82) is 0 Å². The number of benzene rings is 1. The summed E-state index contributed by atoms with van der Waals surface area (Å²) in [6, 6.07) is 9.83. The number of nitrogens with zero attached hydrogens (tertiary/aromatic N) is 1. The molecule has 5 heteroatoms. The molecular weight excluding hydrogens is 276 g/mol. The SMILES string of the molecule is Cc1ccc2[nH]cc(-c3cc4c(C(N)=O)ccnc4[nH]3)c2c1. The van der Waals surface area contributed by atoms with Gasteiger partial charge in [-0.15, -0.1) is 0 Å². The molecule has 1 aromatic carbocycles. The maximum Gasteiger partial charge on any atom is 0.249 e. The van der Waals surface area contributed by atoms with Crippen molar-refractivity contribution in [1.82, 2.24) is 15.0 Å². The van der Waals surface area contributed by atoms with Crippen molar-refractivity contribution in [3.8, 4) is 11.3 Å². The zero-order valence-electron chi connectivity index (χ0n) is 12.0. The molecular formula is C17H14N4O. The van der Waals surface area contributed by atoms with E-state index in [0.717, 1.165) is 27.5 Å². The van der Waals surface area contributed by atoms with Crippen LogP contribution in [-0.4, -0.2) is 20.9 Å². The van der Waals surface area contributed by atoms with Gasteiger partial charge in [0.05, 0.1) is 5.56 Å². The topological polar surface area (TPSA) is 87.6 Å². The fraction of sp³-hybridized carbons (Fsp3) is 0.0588. The number of nitrogens with one attached hydrogen (secondary N) is 2. The number of fused-ring (bicyclic) bond motifs is 2. The summed E-state index contributed by atoms with van der Waals surface area (Å²) in [7, 11) is 0. The van der Waals surface area contributed by atoms with Crippen molar-refractivity contribution >= 4 is 27.8 Å². The Morgan fingerprint density at radius 1 is 1.18 bits per heavy atom. The van der Waals surface area contributed by atoms with Gasteiger partial charge in [-0.1, -0.05) is 11.6 Å². The Kier molecular flexibility index (Phi) is 2.56. The molecule has 0 radical (unpaired) electrons. The third-order valence-corrected chi connectivity index (χ3v) is 3.92. The number of carbonyl (C=O) groups is 1. The maximum absolute atomic E-state index is 11.5. The van der Waals surface area contributed by atoms with Crippen molar-refractivity contribution in [3.63, 3.8) is 0 Å². The second kappa shape index (κ2) is 4.46. The zero-order valence-corrected chi connectivity index (χ0v) is 12.0. The van der Waals surface area contributed by atoms with Crippen LogP contribution in [0.15, 0.2) is 42.7 Å². The number of aromatic nitrogens is 3. The van der Waals surface area contributed by atoms with Gasteiger partial charge in [0.2, 0.25) is 5.91 Å². The van der Waals surface area contributed by atoms with E-state index in [-0.39, 0.29) is 0 Å². The number of hydrogen-bond donors (Lipinski definition) is 3. The van der Waals surface area contributed by atoms with Crippen LogP contribution in [0.2, 0.25) is 0 Å². The van der Waals surface area contributed by atoms with E-state index in [2.05, 4.69) is 40.1 Å². The molecule has 0 saturated carbocycles. The van der Waals surface area contributed by atoms with Gasteiger partial charge in [0.1, 0.15) is 5.65 Å². The monoisotopic (exact) mass is 290 g/mol. The lowest BCUT2D eigenvalue weighted by molar-refractivity contribution is 0.100. The van der Waals surface area contributed by atoms with Gasteiger partial charge in [0.15, 0.2) is 0 Å². The smallest absolute Gasteiger partial charge is 0.249 e. The Hall–Kier alpha value is -3.08. The first-order valence-electron chi connectivity index (χ1n) is 6.99. The molecule has 4 aromatic rings. The number of aromatic amines is 2. The predicted octanol–water partition coefficient (Wildman–Crippen LogP) is 3.12. The van der Waals surface area contributed by atoms with E-state index < -0.39 is 5.91 Å². The van der Waals surface area contributed by atoms with E-state index in [0.29, 0.717) is 11.2 Å². The van der Waals surface area contributed by atoms with Crippen LogP contribution in [0.25, 0.3) is 33.2 Å². The minimum atomic E-state index is -0.451. The second-order valence-electron chi connectivity index (χ2n) is 5.42. The van der Waals surface area contributed by atoms with Crippen molar-refractivity contribution < 1.29 is 4.79 Å². The lowest BCUT2D eigenvalue weighted by atomic mass is 10.1. The van der Waals surface area contributed by atoms with Crippen LogP contribution in [0.4, 0.5) is 0 Å². The molecule has 108 valence electrons. The normalized spacial score (nSPS) is 11.3. The number of H-pyrrole nitrogens is 2. The van der Waals surface area contributed by atoms with Crippen LogP contribution in [0, 0.1) is 6.92 Å². The molecule has 0 bridgehead atoms. The zero-order chi connectivity index (χ0) is 15.3. The van der Waals surface area contributed by atoms with Crippen LogP contribution in [0.3, 0.4) is 0 Å². The summed E-state index contributed by atoms with van der Waals surface area (Å²) in [4.78, 5) is 22.4. The van der Waals surface area contributed by atoms with Gasteiger partial charge >= 0.3 is 0 Å². The van der Waals surface area contributed by atoms with Crippen molar-refractivity contribution in [2.75, 3.05) is 0 Å². The average molecular weight is 290 g/mol. The van der Waals surface area contributed by atoms with Crippen molar-refractivity contribution in [2.24, 2.45) is 5.73 Å². The largest absolute Gasteiger partial charge is 0.366 e. The summed E-state index contributed by atoms with van der Waals surface area (Å²) in [5.74, 6) is -0.451. The highest BCUT2D eigenvalue weighted by atomic mass is 16.1. The number of hydrogen-bond acceptors (Lipinski definition) is 2. The number of nitrogens with two attached hydrogens (primary N) is 1. The Labute approximate surface area is 126 Å². The van der Waals surface area contributed by atoms with Crippen LogP contribution in [-0.2, 0) is 0 Å². The Morgan fingerprint density at radius 3 is 2.86 bits per heavy atom. The summed E-state index contributed by atoms with van der Waals surface area (Å²) >= 11 is 0. The van der Waals surface area contributed by atoms with Gasteiger partial charge in [-0.05, 0) is 31.2 Å². The maximum atomic E-state index is 11.5. The molecule has 3 heterocycles. The molecule has 3 aromatic heterocycles. The highest BCUT2D eigenvalue weighted by molar-refractivity contribution is 6.07. The summed E-state index contributed by atoms with van der Waals surface area (Å²) in [6.45, 7) is 2.06. The van der Waals surface area contributed by atoms with E-state index in [1.807, 2.05) is 12.3 Å². The highest BCUT2D eigenvalue weighted by Crippen LogP contribution is 2.31. The summed E-state index contributed by atoms with van der Waals surface area (Å²) in [6.07, 6.45) is 3.54. The van der Waals surface area contributed by atoms with Crippen LogP contribution < -0.4 is 5.73 Å². The number of primary amides is 1. The minimum Gasteiger partial charge on any atom is -0.366 e. The lowest BCUT2D eigenvalue weighted by Gasteiger charge is -1.97. The molecule has 0 fully saturated rings. The number of aryl methyl sites for hydroxylation is 1. The summed E-state index contributed by atoms with van der Waals surface area (Å²) in [5.41, 5.74) is 10.8. The van der Waals surface area contributed by atoms with Gasteiger partial charge in [0.25, 0.3) is 0 Å². The standard InChI is InChI=1S/C17H14N4O/c1-9-2-3-14-11(6-9)13(8-20-14)15-7-12-10(16(18)22)4-5-19-17(12)21-15/h2-8,20H,1H3,(H2,18,22)(H,19,21). The van der Waals surface area contributed by atoms with E-state index in [1.165, 1.54) is 5.56 Å². The molecule has 0 unspecified atom stereocenters. The molecule has 0 atom stereocenters. The Bertz CT molecular complexity index is 1030. The van der Waals surface area contributed by atoms with E-state index in [1.54, 1.807) is 12.3 Å². The van der Waals surface area contributed by atoms with Gasteiger partial charge in [-0.25, -0.2) is 4.98 Å².